The molecule has 0 saturated carbocycles. The normalized spacial score (nSPS) is 11.6. The van der Waals surface area contributed by atoms with Crippen LogP contribution in [0.1, 0.15) is 13.3 Å². The summed E-state index contributed by atoms with van der Waals surface area (Å²) in [4.78, 5) is 22.5. The van der Waals surface area contributed by atoms with Gasteiger partial charge >= 0.3 is 0 Å². The number of nitro benzene ring substituents is 1. The van der Waals surface area contributed by atoms with Crippen molar-refractivity contribution < 1.29 is 14.5 Å². The van der Waals surface area contributed by atoms with E-state index in [4.69, 9.17) is 16.3 Å². The number of nitrogens with zero attached hydrogens (tertiary/aromatic N) is 1. The van der Waals surface area contributed by atoms with Crippen LogP contribution in [0.4, 0.5) is 11.4 Å². The summed E-state index contributed by atoms with van der Waals surface area (Å²) < 4.78 is 5.63. The van der Waals surface area contributed by atoms with Gasteiger partial charge in [0.2, 0.25) is 0 Å². The molecule has 6 nitrogen and oxygen atoms in total. The van der Waals surface area contributed by atoms with Crippen molar-refractivity contribution >= 4 is 28.9 Å². The quantitative estimate of drug-likeness (QED) is 0.638. The summed E-state index contributed by atoms with van der Waals surface area (Å²) in [7, 11) is 0. The third-order valence-electron chi connectivity index (χ3n) is 3.09. The van der Waals surface area contributed by atoms with Gasteiger partial charge in [-0.05, 0) is 24.6 Å². The largest absolute Gasteiger partial charge is 0.479 e. The van der Waals surface area contributed by atoms with Crippen LogP contribution in [-0.4, -0.2) is 16.9 Å². The Morgan fingerprint density at radius 2 is 2.04 bits per heavy atom. The predicted octanol–water partition coefficient (Wildman–Crippen LogP) is 4.04. The monoisotopic (exact) mass is 334 g/mol. The lowest BCUT2D eigenvalue weighted by Gasteiger charge is -2.18. The third-order valence-corrected chi connectivity index (χ3v) is 3.41. The Morgan fingerprint density at radius 1 is 1.30 bits per heavy atom. The van der Waals surface area contributed by atoms with Crippen LogP contribution in [0.2, 0.25) is 5.02 Å². The summed E-state index contributed by atoms with van der Waals surface area (Å²) in [5, 5.41) is 13.8. The number of benzene rings is 2. The fraction of sp³-hybridized carbons (Fsp3) is 0.188. The molecule has 0 aliphatic rings. The van der Waals surface area contributed by atoms with E-state index in [1.54, 1.807) is 37.3 Å². The number of rotatable bonds is 6. The van der Waals surface area contributed by atoms with E-state index in [-0.39, 0.29) is 5.69 Å². The summed E-state index contributed by atoms with van der Waals surface area (Å²) >= 11 is 6.01. The number of carbonyl (C=O) groups excluding carboxylic acids is 1. The number of halogens is 1. The number of hydrogen-bond donors (Lipinski definition) is 1. The number of nitro groups is 1. The minimum absolute atomic E-state index is 0.0946. The number of anilines is 1. The fourth-order valence-corrected chi connectivity index (χ4v) is 2.12. The number of carbonyl (C=O) groups is 1. The molecule has 0 aliphatic carbocycles. The van der Waals surface area contributed by atoms with Crippen LogP contribution in [0.25, 0.3) is 0 Å². The Bertz CT molecular complexity index is 721. The highest BCUT2D eigenvalue weighted by atomic mass is 35.5. The van der Waals surface area contributed by atoms with Gasteiger partial charge in [0.05, 0.1) is 9.95 Å². The first-order chi connectivity index (χ1) is 11.0. The van der Waals surface area contributed by atoms with Crippen LogP contribution in [-0.2, 0) is 4.79 Å². The van der Waals surface area contributed by atoms with E-state index in [1.165, 1.54) is 18.2 Å². The molecule has 0 aliphatic heterocycles. The van der Waals surface area contributed by atoms with Crippen molar-refractivity contribution in [1.29, 1.82) is 0 Å². The molecule has 0 fully saturated rings. The second-order valence-electron chi connectivity index (χ2n) is 4.74. The maximum atomic E-state index is 12.3. The maximum absolute atomic E-state index is 12.3. The van der Waals surface area contributed by atoms with Crippen LogP contribution in [0.15, 0.2) is 48.5 Å². The van der Waals surface area contributed by atoms with Crippen LogP contribution in [0.3, 0.4) is 0 Å². The standard InChI is InChI=1S/C16H15ClN2O4/c1-2-14(23-15-9-4-3-8-13(15)17)16(20)18-11-6-5-7-12(10-11)19(21)22/h3-10,14H,2H2,1H3,(H,18,20)/t14-/m0/s1. The van der Waals surface area contributed by atoms with Crippen molar-refractivity contribution in [2.24, 2.45) is 0 Å². The molecule has 2 rings (SSSR count). The van der Waals surface area contributed by atoms with Gasteiger partial charge < -0.3 is 10.1 Å². The van der Waals surface area contributed by atoms with Crippen molar-refractivity contribution in [3.63, 3.8) is 0 Å². The Kier molecular flexibility index (Phi) is 5.54. The first-order valence-electron chi connectivity index (χ1n) is 6.97. The van der Waals surface area contributed by atoms with Crippen molar-refractivity contribution in [2.75, 3.05) is 5.32 Å². The van der Waals surface area contributed by atoms with Gasteiger partial charge in [0.15, 0.2) is 6.10 Å². The van der Waals surface area contributed by atoms with Gasteiger partial charge in [0.1, 0.15) is 5.75 Å². The number of para-hydroxylation sites is 1. The van der Waals surface area contributed by atoms with E-state index in [9.17, 15) is 14.9 Å². The van der Waals surface area contributed by atoms with E-state index in [0.717, 1.165) is 0 Å². The number of non-ortho nitro benzene ring substituents is 1. The predicted molar refractivity (Wildman–Crippen MR) is 87.9 cm³/mol. The molecule has 0 bridgehead atoms. The Hall–Kier alpha value is -2.60. The summed E-state index contributed by atoms with van der Waals surface area (Å²) in [5.74, 6) is 0.0168. The smallest absolute Gasteiger partial charge is 0.271 e. The zero-order valence-electron chi connectivity index (χ0n) is 12.4. The van der Waals surface area contributed by atoms with Gasteiger partial charge in [-0.3, -0.25) is 14.9 Å². The zero-order chi connectivity index (χ0) is 16.8. The Labute approximate surface area is 138 Å². The van der Waals surface area contributed by atoms with Crippen molar-refractivity contribution in [2.45, 2.75) is 19.4 Å². The lowest BCUT2D eigenvalue weighted by molar-refractivity contribution is -0.384. The molecular weight excluding hydrogens is 320 g/mol. The summed E-state index contributed by atoms with van der Waals surface area (Å²) in [6.45, 7) is 1.80. The van der Waals surface area contributed by atoms with E-state index in [1.807, 2.05) is 0 Å². The number of ether oxygens (including phenoxy) is 1. The molecule has 2 aromatic carbocycles. The second kappa shape index (κ2) is 7.60. The molecular formula is C16H15ClN2O4. The minimum atomic E-state index is -0.755. The number of amides is 1. The topological polar surface area (TPSA) is 81.5 Å². The molecule has 120 valence electrons. The average molecular weight is 335 g/mol. The van der Waals surface area contributed by atoms with Gasteiger partial charge in [-0.2, -0.15) is 0 Å². The SMILES string of the molecule is CC[C@H](Oc1ccccc1Cl)C(=O)Nc1cccc([N+](=O)[O-])c1. The maximum Gasteiger partial charge on any atom is 0.271 e. The second-order valence-corrected chi connectivity index (χ2v) is 5.15. The molecule has 1 N–H and O–H groups in total. The summed E-state index contributed by atoms with van der Waals surface area (Å²) in [5.41, 5.74) is 0.244. The van der Waals surface area contributed by atoms with Crippen LogP contribution in [0.5, 0.6) is 5.75 Å². The molecule has 1 atom stereocenters. The van der Waals surface area contributed by atoms with Gasteiger partial charge in [-0.15, -0.1) is 0 Å². The first kappa shape index (κ1) is 16.8. The molecule has 7 heteroatoms. The number of hydrogen-bond acceptors (Lipinski definition) is 4. The van der Waals surface area contributed by atoms with Gasteiger partial charge in [0.25, 0.3) is 11.6 Å². The molecule has 0 radical (unpaired) electrons. The molecule has 1 amide bonds. The Morgan fingerprint density at radius 3 is 2.70 bits per heavy atom. The highest BCUT2D eigenvalue weighted by Gasteiger charge is 2.20. The highest BCUT2D eigenvalue weighted by Crippen LogP contribution is 2.25. The van der Waals surface area contributed by atoms with Gasteiger partial charge in [-0.25, -0.2) is 0 Å². The molecule has 0 heterocycles. The van der Waals surface area contributed by atoms with Crippen molar-refractivity contribution in [3.05, 3.63) is 63.7 Å². The van der Waals surface area contributed by atoms with Crippen molar-refractivity contribution in [3.8, 4) is 5.75 Å². The molecule has 2 aromatic rings. The van der Waals surface area contributed by atoms with Crippen LogP contribution in [0, 0.1) is 10.1 Å². The fourth-order valence-electron chi connectivity index (χ4n) is 1.94. The molecule has 0 saturated heterocycles. The summed E-state index contributed by atoms with van der Waals surface area (Å²) in [6, 6.07) is 12.6. The highest BCUT2D eigenvalue weighted by molar-refractivity contribution is 6.32. The van der Waals surface area contributed by atoms with Crippen LogP contribution >= 0.6 is 11.6 Å². The average Bonchev–Trinajstić information content (AvgIpc) is 2.54. The number of nitrogens with one attached hydrogen (secondary N) is 1. The molecule has 0 unspecified atom stereocenters. The van der Waals surface area contributed by atoms with E-state index < -0.39 is 16.9 Å². The first-order valence-corrected chi connectivity index (χ1v) is 7.35. The third kappa shape index (κ3) is 4.43. The van der Waals surface area contributed by atoms with E-state index >= 15 is 0 Å². The molecule has 0 spiro atoms. The van der Waals surface area contributed by atoms with E-state index in [2.05, 4.69) is 5.32 Å². The van der Waals surface area contributed by atoms with Gasteiger partial charge in [0, 0.05) is 17.8 Å². The van der Waals surface area contributed by atoms with E-state index in [0.29, 0.717) is 22.9 Å². The van der Waals surface area contributed by atoms with Gasteiger partial charge in [-0.1, -0.05) is 36.7 Å². The molecule has 23 heavy (non-hydrogen) atoms. The minimum Gasteiger partial charge on any atom is -0.479 e. The lowest BCUT2D eigenvalue weighted by Crippen LogP contribution is -2.32. The molecule has 0 aromatic heterocycles. The summed E-state index contributed by atoms with van der Waals surface area (Å²) in [6.07, 6.45) is -0.333. The Balaban J connectivity index is 2.10. The van der Waals surface area contributed by atoms with Crippen molar-refractivity contribution in [1.82, 2.24) is 0 Å². The zero-order valence-corrected chi connectivity index (χ0v) is 13.1. The lowest BCUT2D eigenvalue weighted by atomic mass is 10.2. The van der Waals surface area contributed by atoms with Crippen LogP contribution < -0.4 is 10.1 Å².